The Morgan fingerprint density at radius 3 is 2.92 bits per heavy atom. The van der Waals surface area contributed by atoms with Gasteiger partial charge in [0.05, 0.1) is 12.2 Å². The molecule has 0 bridgehead atoms. The van der Waals surface area contributed by atoms with Gasteiger partial charge >= 0.3 is 0 Å². The second-order valence-electron chi connectivity index (χ2n) is 2.34. The van der Waals surface area contributed by atoms with Gasteiger partial charge in [-0.15, -0.1) is 11.8 Å². The van der Waals surface area contributed by atoms with Gasteiger partial charge in [-0.1, -0.05) is 6.07 Å². The summed E-state index contributed by atoms with van der Waals surface area (Å²) in [5, 5.41) is 8.56. The molecule has 2 nitrogen and oxygen atoms in total. The Bertz CT molecular complexity index is 302. The Balaban J connectivity index is 2.91. The maximum absolute atomic E-state index is 13.0. The van der Waals surface area contributed by atoms with Crippen LogP contribution in [-0.2, 0) is 0 Å². The Morgan fingerprint density at radius 2 is 2.31 bits per heavy atom. The fourth-order valence-electron chi connectivity index (χ4n) is 0.913. The molecule has 0 unspecified atom stereocenters. The molecule has 1 N–H and O–H groups in total. The molecule has 1 aromatic carbocycles. The summed E-state index contributed by atoms with van der Waals surface area (Å²) < 4.78 is 13.0. The van der Waals surface area contributed by atoms with E-state index in [9.17, 15) is 9.18 Å². The van der Waals surface area contributed by atoms with E-state index in [0.717, 1.165) is 0 Å². The second-order valence-corrected chi connectivity index (χ2v) is 3.48. The molecule has 0 saturated carbocycles. The summed E-state index contributed by atoms with van der Waals surface area (Å²) >= 11 is 1.26. The van der Waals surface area contributed by atoms with Gasteiger partial charge in [-0.05, 0) is 12.1 Å². The van der Waals surface area contributed by atoms with Gasteiger partial charge in [0.25, 0.3) is 0 Å². The molecule has 0 fully saturated rings. The van der Waals surface area contributed by atoms with Crippen molar-refractivity contribution in [3.8, 4) is 0 Å². The van der Waals surface area contributed by atoms with Gasteiger partial charge in [-0.3, -0.25) is 4.79 Å². The smallest absolute Gasteiger partial charge is 0.154 e. The molecule has 0 radical (unpaired) electrons. The normalized spacial score (nSPS) is 10.0. The zero-order valence-electron chi connectivity index (χ0n) is 6.87. The molecule has 1 rings (SSSR count). The van der Waals surface area contributed by atoms with Gasteiger partial charge in [-0.25, -0.2) is 4.39 Å². The number of aliphatic hydroxyl groups excluding tert-OH is 1. The lowest BCUT2D eigenvalue weighted by molar-refractivity contribution is 0.111. The number of aldehydes is 1. The fourth-order valence-corrected chi connectivity index (χ4v) is 1.70. The van der Waals surface area contributed by atoms with E-state index < -0.39 is 5.82 Å². The van der Waals surface area contributed by atoms with Gasteiger partial charge in [0.2, 0.25) is 0 Å². The lowest BCUT2D eigenvalue weighted by Crippen LogP contribution is -1.93. The molecule has 4 heteroatoms. The van der Waals surface area contributed by atoms with E-state index in [4.69, 9.17) is 5.11 Å². The quantitative estimate of drug-likeness (QED) is 0.594. The number of carbonyl (C=O) groups is 1. The van der Waals surface area contributed by atoms with Gasteiger partial charge < -0.3 is 5.11 Å². The summed E-state index contributed by atoms with van der Waals surface area (Å²) in [5.74, 6) is -0.0532. The highest BCUT2D eigenvalue weighted by atomic mass is 32.2. The lowest BCUT2D eigenvalue weighted by atomic mass is 10.2. The van der Waals surface area contributed by atoms with Crippen LogP contribution in [0.15, 0.2) is 23.1 Å². The van der Waals surface area contributed by atoms with Crippen molar-refractivity contribution >= 4 is 18.0 Å². The minimum atomic E-state index is -0.516. The highest BCUT2D eigenvalue weighted by Gasteiger charge is 2.06. The first-order valence-electron chi connectivity index (χ1n) is 3.77. The third kappa shape index (κ3) is 2.54. The molecule has 0 aliphatic rings. The predicted molar refractivity (Wildman–Crippen MR) is 49.6 cm³/mol. The minimum absolute atomic E-state index is 0.0134. The van der Waals surface area contributed by atoms with Crippen molar-refractivity contribution in [3.63, 3.8) is 0 Å². The summed E-state index contributed by atoms with van der Waals surface area (Å²) in [6.45, 7) is 0.0134. The van der Waals surface area contributed by atoms with Crippen LogP contribution in [0.25, 0.3) is 0 Å². The highest BCUT2D eigenvalue weighted by Crippen LogP contribution is 2.22. The van der Waals surface area contributed by atoms with Gasteiger partial charge in [-0.2, -0.15) is 0 Å². The molecule has 70 valence electrons. The van der Waals surface area contributed by atoms with Crippen LogP contribution in [0.2, 0.25) is 0 Å². The van der Waals surface area contributed by atoms with E-state index in [0.29, 0.717) is 16.9 Å². The van der Waals surface area contributed by atoms with E-state index in [1.807, 2.05) is 0 Å². The monoisotopic (exact) mass is 200 g/mol. The third-order valence-electron chi connectivity index (χ3n) is 1.48. The highest BCUT2D eigenvalue weighted by molar-refractivity contribution is 7.99. The van der Waals surface area contributed by atoms with Crippen molar-refractivity contribution in [1.29, 1.82) is 0 Å². The van der Waals surface area contributed by atoms with Crippen molar-refractivity contribution in [2.24, 2.45) is 0 Å². The average Bonchev–Trinajstić information content (AvgIpc) is 2.15. The van der Waals surface area contributed by atoms with Gasteiger partial charge in [0, 0.05) is 10.6 Å². The Morgan fingerprint density at radius 1 is 1.54 bits per heavy atom. The van der Waals surface area contributed by atoms with E-state index >= 15 is 0 Å². The number of carbonyl (C=O) groups excluding carboxylic acids is 1. The number of benzene rings is 1. The maximum atomic E-state index is 13.0. The molecular formula is C9H9FO2S. The summed E-state index contributed by atoms with van der Waals surface area (Å²) in [4.78, 5) is 11.1. The largest absolute Gasteiger partial charge is 0.396 e. The first-order valence-corrected chi connectivity index (χ1v) is 4.75. The zero-order valence-corrected chi connectivity index (χ0v) is 7.68. The topological polar surface area (TPSA) is 37.3 Å². The maximum Gasteiger partial charge on any atom is 0.154 e. The van der Waals surface area contributed by atoms with Crippen LogP contribution in [0.1, 0.15) is 10.4 Å². The van der Waals surface area contributed by atoms with Crippen LogP contribution in [-0.4, -0.2) is 23.8 Å². The number of rotatable bonds is 4. The molecule has 1 aromatic rings. The van der Waals surface area contributed by atoms with E-state index in [1.165, 1.54) is 17.8 Å². The van der Waals surface area contributed by atoms with Gasteiger partial charge in [0.15, 0.2) is 6.29 Å². The van der Waals surface area contributed by atoms with Crippen LogP contribution in [0.3, 0.4) is 0 Å². The third-order valence-corrected chi connectivity index (χ3v) is 2.53. The Hall–Kier alpha value is -0.870. The average molecular weight is 200 g/mol. The molecule has 0 amide bonds. The second kappa shape index (κ2) is 4.99. The number of halogens is 1. The molecule has 0 spiro atoms. The lowest BCUT2D eigenvalue weighted by Gasteiger charge is -2.03. The fraction of sp³-hybridized carbons (Fsp3) is 0.222. The van der Waals surface area contributed by atoms with Crippen molar-refractivity contribution in [1.82, 2.24) is 0 Å². The van der Waals surface area contributed by atoms with Crippen LogP contribution in [0, 0.1) is 5.82 Å². The summed E-state index contributed by atoms with van der Waals surface area (Å²) in [6, 6.07) is 4.45. The number of aliphatic hydroxyl groups is 1. The zero-order chi connectivity index (χ0) is 9.68. The molecule has 0 heterocycles. The predicted octanol–water partition coefficient (Wildman–Crippen LogP) is 1.72. The number of hydrogen-bond donors (Lipinski definition) is 1. The molecular weight excluding hydrogens is 191 g/mol. The van der Waals surface area contributed by atoms with Crippen LogP contribution >= 0.6 is 11.8 Å². The molecule has 13 heavy (non-hydrogen) atoms. The van der Waals surface area contributed by atoms with E-state index in [-0.39, 0.29) is 12.2 Å². The number of thioether (sulfide) groups is 1. The standard InChI is InChI=1S/C9H9FO2S/c10-8-2-1-3-9(7(8)6-12)13-5-4-11/h1-3,6,11H,4-5H2. The first-order chi connectivity index (χ1) is 6.29. The molecule has 0 aliphatic heterocycles. The SMILES string of the molecule is O=Cc1c(F)cccc1SCCO. The molecule has 0 saturated heterocycles. The number of hydrogen-bond acceptors (Lipinski definition) is 3. The molecule has 0 aromatic heterocycles. The van der Waals surface area contributed by atoms with Crippen molar-refractivity contribution < 1.29 is 14.3 Å². The Kier molecular flexibility index (Phi) is 3.92. The summed E-state index contributed by atoms with van der Waals surface area (Å²) in [6.07, 6.45) is 0.495. The van der Waals surface area contributed by atoms with Crippen LogP contribution in [0.5, 0.6) is 0 Å². The summed E-state index contributed by atoms with van der Waals surface area (Å²) in [5.41, 5.74) is 0.0703. The van der Waals surface area contributed by atoms with E-state index in [1.54, 1.807) is 12.1 Å². The van der Waals surface area contributed by atoms with Crippen LogP contribution in [0.4, 0.5) is 4.39 Å². The van der Waals surface area contributed by atoms with Crippen molar-refractivity contribution in [2.45, 2.75) is 4.90 Å². The molecule has 0 aliphatic carbocycles. The van der Waals surface area contributed by atoms with Crippen LogP contribution < -0.4 is 0 Å². The van der Waals surface area contributed by atoms with Crippen molar-refractivity contribution in [3.05, 3.63) is 29.6 Å². The minimum Gasteiger partial charge on any atom is -0.396 e. The Labute approximate surface area is 79.8 Å². The van der Waals surface area contributed by atoms with Crippen molar-refractivity contribution in [2.75, 3.05) is 12.4 Å². The molecule has 0 atom stereocenters. The first kappa shape index (κ1) is 10.2. The van der Waals surface area contributed by atoms with Gasteiger partial charge in [0.1, 0.15) is 5.82 Å². The summed E-state index contributed by atoms with van der Waals surface area (Å²) in [7, 11) is 0. The van der Waals surface area contributed by atoms with E-state index in [2.05, 4.69) is 0 Å².